The third-order valence-corrected chi connectivity index (χ3v) is 3.67. The molecule has 2 rings (SSSR count). The fourth-order valence-electron chi connectivity index (χ4n) is 2.47. The lowest BCUT2D eigenvalue weighted by Crippen LogP contribution is -2.37. The summed E-state index contributed by atoms with van der Waals surface area (Å²) in [6, 6.07) is 7.84. The molecule has 0 bridgehead atoms. The van der Waals surface area contributed by atoms with Crippen LogP contribution in [0.15, 0.2) is 24.3 Å². The van der Waals surface area contributed by atoms with Gasteiger partial charge in [-0.2, -0.15) is 0 Å². The van der Waals surface area contributed by atoms with Crippen molar-refractivity contribution in [2.24, 2.45) is 0 Å². The minimum absolute atomic E-state index is 0.0239. The van der Waals surface area contributed by atoms with Crippen LogP contribution in [0.5, 0.6) is 5.75 Å². The maximum absolute atomic E-state index is 12.3. The summed E-state index contributed by atoms with van der Waals surface area (Å²) < 4.78 is 16.4. The average Bonchev–Trinajstić information content (AvgIpc) is 2.74. The Balaban J connectivity index is 1.90. The van der Waals surface area contributed by atoms with E-state index in [0.717, 1.165) is 24.2 Å². The Kier molecular flexibility index (Phi) is 6.68. The molecule has 0 aromatic heterocycles. The highest BCUT2D eigenvalue weighted by molar-refractivity contribution is 5.80. The molecule has 1 amide bonds. The predicted molar refractivity (Wildman–Crippen MR) is 84.0 cm³/mol. The summed E-state index contributed by atoms with van der Waals surface area (Å²) in [6.07, 6.45) is 1.30. The van der Waals surface area contributed by atoms with Crippen LogP contribution in [0, 0.1) is 0 Å². The normalized spacial score (nSPS) is 18.7. The van der Waals surface area contributed by atoms with Gasteiger partial charge in [0.2, 0.25) is 5.91 Å². The number of amides is 1. The van der Waals surface area contributed by atoms with Crippen LogP contribution < -0.4 is 10.1 Å². The molecule has 5 nitrogen and oxygen atoms in total. The molecular formula is C17H25NO4. The zero-order valence-corrected chi connectivity index (χ0v) is 13.3. The van der Waals surface area contributed by atoms with Crippen LogP contribution in [0.4, 0.5) is 0 Å². The zero-order chi connectivity index (χ0) is 15.8. The second kappa shape index (κ2) is 8.76. The monoisotopic (exact) mass is 307 g/mol. The summed E-state index contributed by atoms with van der Waals surface area (Å²) in [4.78, 5) is 12.3. The van der Waals surface area contributed by atoms with Gasteiger partial charge in [-0.05, 0) is 32.8 Å². The molecule has 5 heteroatoms. The van der Waals surface area contributed by atoms with Crippen molar-refractivity contribution < 1.29 is 19.0 Å². The SMILES string of the molecule is CCOCCO[C@@H](C)C(=O)N[C@H]1CCCOc2ccccc21. The van der Waals surface area contributed by atoms with Crippen LogP contribution in [0.25, 0.3) is 0 Å². The average molecular weight is 307 g/mol. The number of carbonyl (C=O) groups excluding carboxylic acids is 1. The lowest BCUT2D eigenvalue weighted by Gasteiger charge is -2.21. The number of carbonyl (C=O) groups is 1. The van der Waals surface area contributed by atoms with E-state index in [1.165, 1.54) is 0 Å². The van der Waals surface area contributed by atoms with Crippen LogP contribution in [0.1, 0.15) is 38.3 Å². The lowest BCUT2D eigenvalue weighted by molar-refractivity contribution is -0.133. The number of hydrogen-bond acceptors (Lipinski definition) is 4. The maximum Gasteiger partial charge on any atom is 0.249 e. The smallest absolute Gasteiger partial charge is 0.249 e. The molecule has 0 radical (unpaired) electrons. The first-order valence-corrected chi connectivity index (χ1v) is 7.93. The van der Waals surface area contributed by atoms with E-state index in [2.05, 4.69) is 5.32 Å². The highest BCUT2D eigenvalue weighted by Crippen LogP contribution is 2.31. The first kappa shape index (κ1) is 16.8. The third kappa shape index (κ3) is 4.71. The molecule has 1 aliphatic rings. The van der Waals surface area contributed by atoms with Gasteiger partial charge in [0.25, 0.3) is 0 Å². The molecule has 1 aromatic rings. The van der Waals surface area contributed by atoms with Gasteiger partial charge < -0.3 is 19.5 Å². The van der Waals surface area contributed by atoms with Crippen molar-refractivity contribution in [1.29, 1.82) is 0 Å². The maximum atomic E-state index is 12.3. The van der Waals surface area contributed by atoms with Gasteiger partial charge in [-0.3, -0.25) is 4.79 Å². The van der Waals surface area contributed by atoms with Crippen LogP contribution in [-0.4, -0.2) is 38.4 Å². The Hall–Kier alpha value is -1.59. The molecule has 1 N–H and O–H groups in total. The van der Waals surface area contributed by atoms with Crippen molar-refractivity contribution in [2.75, 3.05) is 26.4 Å². The van der Waals surface area contributed by atoms with Crippen LogP contribution in [0.2, 0.25) is 0 Å². The number of nitrogens with one attached hydrogen (secondary N) is 1. The Bertz CT molecular complexity index is 477. The summed E-state index contributed by atoms with van der Waals surface area (Å²) in [5, 5.41) is 3.07. The molecule has 0 aliphatic carbocycles. The van der Waals surface area contributed by atoms with E-state index in [4.69, 9.17) is 14.2 Å². The minimum atomic E-state index is -0.489. The molecule has 1 heterocycles. The van der Waals surface area contributed by atoms with Gasteiger partial charge in [-0.15, -0.1) is 0 Å². The Morgan fingerprint density at radius 3 is 3.05 bits per heavy atom. The van der Waals surface area contributed by atoms with E-state index in [-0.39, 0.29) is 11.9 Å². The fourth-order valence-corrected chi connectivity index (χ4v) is 2.47. The third-order valence-electron chi connectivity index (χ3n) is 3.67. The van der Waals surface area contributed by atoms with E-state index in [1.807, 2.05) is 31.2 Å². The van der Waals surface area contributed by atoms with Crippen molar-refractivity contribution in [1.82, 2.24) is 5.32 Å². The van der Waals surface area contributed by atoms with Gasteiger partial charge in [-0.1, -0.05) is 18.2 Å². The van der Waals surface area contributed by atoms with Gasteiger partial charge >= 0.3 is 0 Å². The number of hydrogen-bond donors (Lipinski definition) is 1. The second-order valence-corrected chi connectivity index (χ2v) is 5.30. The number of fused-ring (bicyclic) bond motifs is 1. The molecule has 1 aliphatic heterocycles. The summed E-state index contributed by atoms with van der Waals surface area (Å²) in [5.74, 6) is 0.758. The lowest BCUT2D eigenvalue weighted by atomic mass is 10.0. The number of rotatable bonds is 7. The second-order valence-electron chi connectivity index (χ2n) is 5.30. The Labute approximate surface area is 131 Å². The highest BCUT2D eigenvalue weighted by Gasteiger charge is 2.23. The van der Waals surface area contributed by atoms with Crippen LogP contribution >= 0.6 is 0 Å². The highest BCUT2D eigenvalue weighted by atomic mass is 16.5. The van der Waals surface area contributed by atoms with Gasteiger partial charge in [0.05, 0.1) is 25.9 Å². The van der Waals surface area contributed by atoms with Crippen molar-refractivity contribution >= 4 is 5.91 Å². The molecule has 1 aromatic carbocycles. The van der Waals surface area contributed by atoms with E-state index >= 15 is 0 Å². The number of benzene rings is 1. The van der Waals surface area contributed by atoms with E-state index < -0.39 is 6.10 Å². The van der Waals surface area contributed by atoms with Crippen LogP contribution in [-0.2, 0) is 14.3 Å². The topological polar surface area (TPSA) is 56.8 Å². The molecule has 2 atom stereocenters. The largest absolute Gasteiger partial charge is 0.493 e. The van der Waals surface area contributed by atoms with Gasteiger partial charge in [0.1, 0.15) is 11.9 Å². The van der Waals surface area contributed by atoms with Crippen molar-refractivity contribution in [3.63, 3.8) is 0 Å². The first-order chi connectivity index (χ1) is 10.7. The number of ether oxygens (including phenoxy) is 3. The van der Waals surface area contributed by atoms with Gasteiger partial charge in [-0.25, -0.2) is 0 Å². The predicted octanol–water partition coefficient (Wildman–Crippen LogP) is 2.46. The Morgan fingerprint density at radius 2 is 2.23 bits per heavy atom. The van der Waals surface area contributed by atoms with Crippen molar-refractivity contribution in [2.45, 2.75) is 38.8 Å². The van der Waals surface area contributed by atoms with Gasteiger partial charge in [0.15, 0.2) is 0 Å². The molecule has 0 unspecified atom stereocenters. The standard InChI is InChI=1S/C17H25NO4/c1-3-20-11-12-21-13(2)17(19)18-15-8-6-10-22-16-9-5-4-7-14(15)16/h4-5,7,9,13,15H,3,6,8,10-12H2,1-2H3,(H,18,19)/t13-,15-/m0/s1. The minimum Gasteiger partial charge on any atom is -0.493 e. The van der Waals surface area contributed by atoms with Crippen molar-refractivity contribution in [3.05, 3.63) is 29.8 Å². The Morgan fingerprint density at radius 1 is 1.41 bits per heavy atom. The molecular weight excluding hydrogens is 282 g/mol. The summed E-state index contributed by atoms with van der Waals surface area (Å²) in [7, 11) is 0. The summed E-state index contributed by atoms with van der Waals surface area (Å²) in [6.45, 7) is 5.97. The molecule has 0 spiro atoms. The van der Waals surface area contributed by atoms with Crippen LogP contribution in [0.3, 0.4) is 0 Å². The van der Waals surface area contributed by atoms with Crippen molar-refractivity contribution in [3.8, 4) is 5.75 Å². The first-order valence-electron chi connectivity index (χ1n) is 7.93. The number of para-hydroxylation sites is 1. The zero-order valence-electron chi connectivity index (χ0n) is 13.3. The summed E-state index contributed by atoms with van der Waals surface area (Å²) in [5.41, 5.74) is 1.04. The molecule has 22 heavy (non-hydrogen) atoms. The molecule has 0 saturated heterocycles. The van der Waals surface area contributed by atoms with Gasteiger partial charge in [0, 0.05) is 12.2 Å². The molecule has 0 saturated carbocycles. The van der Waals surface area contributed by atoms with E-state index in [0.29, 0.717) is 26.4 Å². The molecule has 0 fully saturated rings. The fraction of sp³-hybridized carbons (Fsp3) is 0.588. The van der Waals surface area contributed by atoms with E-state index in [9.17, 15) is 4.79 Å². The van der Waals surface area contributed by atoms with E-state index in [1.54, 1.807) is 6.92 Å². The molecule has 122 valence electrons. The summed E-state index contributed by atoms with van der Waals surface area (Å²) >= 11 is 0. The quantitative estimate of drug-likeness (QED) is 0.786.